The highest BCUT2D eigenvalue weighted by molar-refractivity contribution is 5.95. The maximum atomic E-state index is 13.0. The van der Waals surface area contributed by atoms with Gasteiger partial charge in [0, 0.05) is 30.9 Å². The number of hydrogen-bond acceptors (Lipinski definition) is 5. The normalized spacial score (nSPS) is 15.1. The number of nitrogens with two attached hydrogens (primary N) is 1. The van der Waals surface area contributed by atoms with Crippen molar-refractivity contribution < 1.29 is 24.6 Å². The Morgan fingerprint density at radius 2 is 1.49 bits per heavy atom. The zero-order valence-electron chi connectivity index (χ0n) is 22.6. The SMILES string of the molecule is Cc1cc(C(N)=O)nn1-c1ccc(Cc2ccc(-c3ccc(C(=O)N4CCN(C(=O)O)[C@@H](CO)C4)cc3)cc2)cc1. The number of carbonyl (C=O) groups is 3. The van der Waals surface area contributed by atoms with Crippen LogP contribution in [0.1, 0.15) is 37.7 Å². The van der Waals surface area contributed by atoms with E-state index in [1.807, 2.05) is 43.3 Å². The number of piperazine rings is 1. The van der Waals surface area contributed by atoms with Crippen molar-refractivity contribution in [2.24, 2.45) is 5.73 Å². The summed E-state index contributed by atoms with van der Waals surface area (Å²) in [6, 6.07) is 24.7. The van der Waals surface area contributed by atoms with Gasteiger partial charge < -0.3 is 20.8 Å². The smallest absolute Gasteiger partial charge is 0.407 e. The molecule has 4 aromatic rings. The maximum Gasteiger partial charge on any atom is 0.407 e. The van der Waals surface area contributed by atoms with Crippen LogP contribution in [-0.4, -0.2) is 80.0 Å². The summed E-state index contributed by atoms with van der Waals surface area (Å²) in [6.07, 6.45) is -0.339. The number of carbonyl (C=O) groups excluding carboxylic acids is 2. The van der Waals surface area contributed by atoms with Crippen LogP contribution in [-0.2, 0) is 6.42 Å². The van der Waals surface area contributed by atoms with Crippen LogP contribution >= 0.6 is 0 Å². The molecule has 0 radical (unpaired) electrons. The zero-order chi connectivity index (χ0) is 29.1. The topological polar surface area (TPSA) is 142 Å². The minimum absolute atomic E-state index is 0.159. The fourth-order valence-electron chi connectivity index (χ4n) is 5.10. The Bertz CT molecular complexity index is 1560. The number of hydrogen-bond donors (Lipinski definition) is 3. The summed E-state index contributed by atoms with van der Waals surface area (Å²) in [5.41, 5.74) is 12.1. The maximum absolute atomic E-state index is 13.0. The van der Waals surface area contributed by atoms with E-state index in [0.717, 1.165) is 40.1 Å². The zero-order valence-corrected chi connectivity index (χ0v) is 22.6. The lowest BCUT2D eigenvalue weighted by molar-refractivity contribution is 0.0338. The number of amides is 3. The Balaban J connectivity index is 1.21. The second-order valence-corrected chi connectivity index (χ2v) is 10.1. The van der Waals surface area contributed by atoms with E-state index in [4.69, 9.17) is 5.73 Å². The molecule has 1 aliphatic heterocycles. The standard InChI is InChI=1S/C31H31N5O5/c1-20-16-28(29(32)38)33-36(20)26-12-4-22(5-13-26)17-21-2-6-23(7-3-21)24-8-10-25(11-9-24)30(39)34-14-15-35(31(40)41)27(18-34)19-37/h2-13,16,27,37H,14-15,17-19H2,1H3,(H2,32,38)(H,40,41)/t27-/m1/s1. The predicted molar refractivity (Wildman–Crippen MR) is 153 cm³/mol. The van der Waals surface area contributed by atoms with E-state index >= 15 is 0 Å². The highest BCUT2D eigenvalue weighted by atomic mass is 16.4. The van der Waals surface area contributed by atoms with Gasteiger partial charge in [-0.25, -0.2) is 9.48 Å². The van der Waals surface area contributed by atoms with Crippen LogP contribution in [0.25, 0.3) is 16.8 Å². The van der Waals surface area contributed by atoms with Gasteiger partial charge in [0.25, 0.3) is 11.8 Å². The van der Waals surface area contributed by atoms with Crippen molar-refractivity contribution >= 4 is 17.9 Å². The highest BCUT2D eigenvalue weighted by Crippen LogP contribution is 2.23. The first kappa shape index (κ1) is 27.6. The number of benzene rings is 3. The van der Waals surface area contributed by atoms with E-state index in [9.17, 15) is 24.6 Å². The van der Waals surface area contributed by atoms with E-state index in [1.54, 1.807) is 27.8 Å². The lowest BCUT2D eigenvalue weighted by Gasteiger charge is -2.39. The molecule has 1 fully saturated rings. The van der Waals surface area contributed by atoms with Crippen LogP contribution in [0.2, 0.25) is 0 Å². The molecule has 0 aliphatic carbocycles. The van der Waals surface area contributed by atoms with Gasteiger partial charge in [0.2, 0.25) is 0 Å². The van der Waals surface area contributed by atoms with Gasteiger partial charge in [-0.2, -0.15) is 5.10 Å². The van der Waals surface area contributed by atoms with E-state index in [1.165, 1.54) is 4.90 Å². The molecule has 1 aliphatic rings. The van der Waals surface area contributed by atoms with Crippen molar-refractivity contribution in [1.82, 2.24) is 19.6 Å². The van der Waals surface area contributed by atoms with E-state index in [2.05, 4.69) is 29.4 Å². The second kappa shape index (κ2) is 11.6. The van der Waals surface area contributed by atoms with Gasteiger partial charge in [0.1, 0.15) is 0 Å². The molecule has 1 atom stereocenters. The molecule has 3 aromatic carbocycles. The first-order valence-corrected chi connectivity index (χ1v) is 13.3. The lowest BCUT2D eigenvalue weighted by Crippen LogP contribution is -2.57. The fourth-order valence-corrected chi connectivity index (χ4v) is 5.10. The van der Waals surface area contributed by atoms with Crippen LogP contribution < -0.4 is 5.73 Å². The van der Waals surface area contributed by atoms with Gasteiger partial charge in [0.15, 0.2) is 5.69 Å². The number of aromatic nitrogens is 2. The average Bonchev–Trinajstić information content (AvgIpc) is 3.39. The first-order chi connectivity index (χ1) is 19.7. The summed E-state index contributed by atoms with van der Waals surface area (Å²) in [6.45, 7) is 2.15. The summed E-state index contributed by atoms with van der Waals surface area (Å²) in [5, 5.41) is 23.1. The minimum atomic E-state index is -1.09. The summed E-state index contributed by atoms with van der Waals surface area (Å²) >= 11 is 0. The van der Waals surface area contributed by atoms with Gasteiger partial charge in [-0.05, 0) is 65.9 Å². The molecule has 10 heteroatoms. The Morgan fingerprint density at radius 3 is 2.02 bits per heavy atom. The van der Waals surface area contributed by atoms with Crippen molar-refractivity contribution in [1.29, 1.82) is 0 Å². The van der Waals surface area contributed by atoms with Crippen LogP contribution in [0.3, 0.4) is 0 Å². The Kier molecular flexibility index (Phi) is 7.84. The van der Waals surface area contributed by atoms with Crippen molar-refractivity contribution in [3.05, 3.63) is 107 Å². The molecule has 3 amide bonds. The molecule has 10 nitrogen and oxygen atoms in total. The molecule has 5 rings (SSSR count). The van der Waals surface area contributed by atoms with Crippen molar-refractivity contribution in [3.63, 3.8) is 0 Å². The van der Waals surface area contributed by atoms with Crippen molar-refractivity contribution in [2.75, 3.05) is 26.2 Å². The molecule has 0 saturated carbocycles. The summed E-state index contributed by atoms with van der Waals surface area (Å²) in [4.78, 5) is 38.5. The minimum Gasteiger partial charge on any atom is -0.465 e. The first-order valence-electron chi connectivity index (χ1n) is 13.3. The Labute approximate surface area is 237 Å². The number of primary amides is 1. The molecule has 210 valence electrons. The molecule has 1 aromatic heterocycles. The van der Waals surface area contributed by atoms with E-state index < -0.39 is 18.0 Å². The third-order valence-corrected chi connectivity index (χ3v) is 7.37. The van der Waals surface area contributed by atoms with Gasteiger partial charge >= 0.3 is 6.09 Å². The van der Waals surface area contributed by atoms with Crippen LogP contribution in [0, 0.1) is 6.92 Å². The summed E-state index contributed by atoms with van der Waals surface area (Å²) in [5.74, 6) is -0.737. The van der Waals surface area contributed by atoms with E-state index in [0.29, 0.717) is 5.56 Å². The largest absolute Gasteiger partial charge is 0.465 e. The molecule has 0 bridgehead atoms. The van der Waals surface area contributed by atoms with Crippen LogP contribution in [0.15, 0.2) is 78.9 Å². The third kappa shape index (κ3) is 5.97. The van der Waals surface area contributed by atoms with Gasteiger partial charge in [-0.1, -0.05) is 48.5 Å². The quantitative estimate of drug-likeness (QED) is 0.321. The molecule has 2 heterocycles. The van der Waals surface area contributed by atoms with Gasteiger partial charge in [-0.3, -0.25) is 14.5 Å². The Hall–Kier alpha value is -4.96. The lowest BCUT2D eigenvalue weighted by atomic mass is 9.99. The summed E-state index contributed by atoms with van der Waals surface area (Å²) < 4.78 is 1.70. The average molecular weight is 554 g/mol. The number of aryl methyl sites for hydroxylation is 1. The molecule has 0 spiro atoms. The molecule has 4 N–H and O–H groups in total. The molecule has 41 heavy (non-hydrogen) atoms. The highest BCUT2D eigenvalue weighted by Gasteiger charge is 2.32. The number of aliphatic hydroxyl groups is 1. The van der Waals surface area contributed by atoms with Crippen molar-refractivity contribution in [2.45, 2.75) is 19.4 Å². The number of nitrogens with zero attached hydrogens (tertiary/aromatic N) is 4. The fraction of sp³-hybridized carbons (Fsp3) is 0.226. The Morgan fingerprint density at radius 1 is 0.902 bits per heavy atom. The number of carboxylic acid groups (broad SMARTS) is 1. The van der Waals surface area contributed by atoms with Crippen LogP contribution in [0.4, 0.5) is 4.79 Å². The number of rotatable bonds is 7. The van der Waals surface area contributed by atoms with Gasteiger partial charge in [-0.15, -0.1) is 0 Å². The van der Waals surface area contributed by atoms with E-state index in [-0.39, 0.29) is 37.8 Å². The van der Waals surface area contributed by atoms with Crippen molar-refractivity contribution in [3.8, 4) is 16.8 Å². The molecular weight excluding hydrogens is 522 g/mol. The third-order valence-electron chi connectivity index (χ3n) is 7.37. The van der Waals surface area contributed by atoms with Crippen LogP contribution in [0.5, 0.6) is 0 Å². The van der Waals surface area contributed by atoms with Gasteiger partial charge in [0.05, 0.1) is 18.3 Å². The molecule has 0 unspecified atom stereocenters. The monoisotopic (exact) mass is 553 g/mol. The molecular formula is C31H31N5O5. The summed E-state index contributed by atoms with van der Waals surface area (Å²) in [7, 11) is 0. The molecule has 1 saturated heterocycles. The second-order valence-electron chi connectivity index (χ2n) is 10.1. The predicted octanol–water partition coefficient (Wildman–Crippen LogP) is 3.33. The number of aliphatic hydroxyl groups excluding tert-OH is 1.